The van der Waals surface area contributed by atoms with E-state index >= 15 is 0 Å². The lowest BCUT2D eigenvalue weighted by molar-refractivity contribution is -0.115. The summed E-state index contributed by atoms with van der Waals surface area (Å²) in [6.45, 7) is 3.21. The van der Waals surface area contributed by atoms with Gasteiger partial charge in [-0.25, -0.2) is 0 Å². The van der Waals surface area contributed by atoms with E-state index in [1.165, 1.54) is 12.8 Å². The van der Waals surface area contributed by atoms with Gasteiger partial charge in [0.05, 0.1) is 6.54 Å². The average molecular weight is 208 g/mol. The van der Waals surface area contributed by atoms with Gasteiger partial charge in [0, 0.05) is 11.8 Å². The molecule has 2 rings (SSSR count). The molecule has 1 heterocycles. The Morgan fingerprint density at radius 3 is 3.07 bits per heavy atom. The second-order valence-electron chi connectivity index (χ2n) is 4.06. The van der Waals surface area contributed by atoms with Gasteiger partial charge in [-0.3, -0.25) is 9.89 Å². The van der Waals surface area contributed by atoms with Crippen LogP contribution in [-0.4, -0.2) is 29.2 Å². The molecule has 82 valence electrons. The first kappa shape index (κ1) is 10.2. The smallest absolute Gasteiger partial charge is 0.239 e. The van der Waals surface area contributed by atoms with Crippen LogP contribution in [0.25, 0.3) is 0 Å². The van der Waals surface area contributed by atoms with Crippen LogP contribution in [0, 0.1) is 12.8 Å². The van der Waals surface area contributed by atoms with Crippen LogP contribution in [-0.2, 0) is 4.79 Å². The molecule has 1 aromatic rings. The van der Waals surface area contributed by atoms with Crippen LogP contribution >= 0.6 is 0 Å². The molecule has 5 heteroatoms. The zero-order valence-electron chi connectivity index (χ0n) is 8.84. The molecule has 0 spiro atoms. The number of aromatic nitrogens is 2. The standard InChI is InChI=1S/C10H16N4O/c1-7-4-9(14-13-7)12-10(15)6-11-5-8-2-3-8/h4,8,11H,2-3,5-6H2,1H3,(H2,12,13,14,15). The van der Waals surface area contributed by atoms with Crippen molar-refractivity contribution >= 4 is 11.7 Å². The van der Waals surface area contributed by atoms with Crippen molar-refractivity contribution in [2.75, 3.05) is 18.4 Å². The highest BCUT2D eigenvalue weighted by Gasteiger charge is 2.20. The topological polar surface area (TPSA) is 69.8 Å². The van der Waals surface area contributed by atoms with Gasteiger partial charge < -0.3 is 10.6 Å². The maximum absolute atomic E-state index is 11.4. The number of amides is 1. The highest BCUT2D eigenvalue weighted by atomic mass is 16.2. The van der Waals surface area contributed by atoms with Crippen molar-refractivity contribution < 1.29 is 4.79 Å². The summed E-state index contributed by atoms with van der Waals surface area (Å²) in [6, 6.07) is 1.80. The third-order valence-corrected chi connectivity index (χ3v) is 2.39. The third-order valence-electron chi connectivity index (χ3n) is 2.39. The number of carbonyl (C=O) groups excluding carboxylic acids is 1. The first-order valence-corrected chi connectivity index (χ1v) is 5.26. The van der Waals surface area contributed by atoms with Crippen LogP contribution < -0.4 is 10.6 Å². The molecule has 1 aliphatic carbocycles. The summed E-state index contributed by atoms with van der Waals surface area (Å²) in [5.41, 5.74) is 0.941. The van der Waals surface area contributed by atoms with E-state index in [2.05, 4.69) is 20.8 Å². The van der Waals surface area contributed by atoms with Gasteiger partial charge in [-0.05, 0) is 32.2 Å². The molecule has 0 saturated heterocycles. The summed E-state index contributed by atoms with van der Waals surface area (Å²) in [6.07, 6.45) is 2.60. The molecule has 0 unspecified atom stereocenters. The van der Waals surface area contributed by atoms with E-state index in [1.54, 1.807) is 6.07 Å². The van der Waals surface area contributed by atoms with Gasteiger partial charge in [0.25, 0.3) is 0 Å². The second kappa shape index (κ2) is 4.44. The van der Waals surface area contributed by atoms with Crippen molar-refractivity contribution in [2.45, 2.75) is 19.8 Å². The first-order valence-electron chi connectivity index (χ1n) is 5.26. The number of hydrogen-bond donors (Lipinski definition) is 3. The fourth-order valence-electron chi connectivity index (χ4n) is 1.38. The summed E-state index contributed by atoms with van der Waals surface area (Å²) in [7, 11) is 0. The molecular formula is C10H16N4O. The monoisotopic (exact) mass is 208 g/mol. The molecule has 15 heavy (non-hydrogen) atoms. The maximum atomic E-state index is 11.4. The number of carbonyl (C=O) groups is 1. The van der Waals surface area contributed by atoms with Crippen LogP contribution in [0.1, 0.15) is 18.5 Å². The zero-order valence-corrected chi connectivity index (χ0v) is 8.84. The van der Waals surface area contributed by atoms with Crippen molar-refractivity contribution in [3.8, 4) is 0 Å². The molecule has 0 aromatic carbocycles. The fourth-order valence-corrected chi connectivity index (χ4v) is 1.38. The summed E-state index contributed by atoms with van der Waals surface area (Å²) in [4.78, 5) is 11.4. The Balaban J connectivity index is 1.67. The highest BCUT2D eigenvalue weighted by Crippen LogP contribution is 2.27. The number of H-pyrrole nitrogens is 1. The van der Waals surface area contributed by atoms with E-state index in [4.69, 9.17) is 0 Å². The van der Waals surface area contributed by atoms with E-state index in [9.17, 15) is 4.79 Å². The quantitative estimate of drug-likeness (QED) is 0.665. The largest absolute Gasteiger partial charge is 0.308 e. The van der Waals surface area contributed by atoms with Crippen molar-refractivity contribution in [3.63, 3.8) is 0 Å². The van der Waals surface area contributed by atoms with E-state index in [-0.39, 0.29) is 5.91 Å². The molecule has 0 bridgehead atoms. The molecule has 0 aliphatic heterocycles. The van der Waals surface area contributed by atoms with Crippen LogP contribution in [0.2, 0.25) is 0 Å². The van der Waals surface area contributed by atoms with Gasteiger partial charge in [-0.2, -0.15) is 5.10 Å². The number of nitrogens with zero attached hydrogens (tertiary/aromatic N) is 1. The minimum atomic E-state index is -0.0397. The molecule has 1 fully saturated rings. The van der Waals surface area contributed by atoms with E-state index in [0.717, 1.165) is 18.2 Å². The number of anilines is 1. The van der Waals surface area contributed by atoms with Gasteiger partial charge in [0.2, 0.25) is 5.91 Å². The predicted octanol–water partition coefficient (Wildman–Crippen LogP) is 0.656. The van der Waals surface area contributed by atoms with Crippen molar-refractivity contribution in [3.05, 3.63) is 11.8 Å². The number of aryl methyl sites for hydroxylation is 1. The SMILES string of the molecule is Cc1cc(NC(=O)CNCC2CC2)n[nH]1. The molecule has 0 atom stereocenters. The molecule has 5 nitrogen and oxygen atoms in total. The summed E-state index contributed by atoms with van der Waals surface area (Å²) in [5.74, 6) is 1.35. The maximum Gasteiger partial charge on any atom is 0.239 e. The van der Waals surface area contributed by atoms with Crippen LogP contribution in [0.5, 0.6) is 0 Å². The Morgan fingerprint density at radius 1 is 1.67 bits per heavy atom. The summed E-state index contributed by atoms with van der Waals surface area (Å²) in [5, 5.41) is 12.5. The number of aromatic amines is 1. The lowest BCUT2D eigenvalue weighted by Gasteiger charge is -2.02. The Labute approximate surface area is 88.6 Å². The number of nitrogens with one attached hydrogen (secondary N) is 3. The van der Waals surface area contributed by atoms with Crippen LogP contribution in [0.4, 0.5) is 5.82 Å². The van der Waals surface area contributed by atoms with E-state index in [0.29, 0.717) is 12.4 Å². The fraction of sp³-hybridized carbons (Fsp3) is 0.600. The van der Waals surface area contributed by atoms with Gasteiger partial charge in [-0.1, -0.05) is 0 Å². The van der Waals surface area contributed by atoms with Gasteiger partial charge >= 0.3 is 0 Å². The van der Waals surface area contributed by atoms with E-state index < -0.39 is 0 Å². The van der Waals surface area contributed by atoms with Gasteiger partial charge in [0.1, 0.15) is 0 Å². The lowest BCUT2D eigenvalue weighted by Crippen LogP contribution is -2.29. The molecule has 1 aromatic heterocycles. The first-order chi connectivity index (χ1) is 7.24. The van der Waals surface area contributed by atoms with Crippen LogP contribution in [0.15, 0.2) is 6.07 Å². The molecule has 3 N–H and O–H groups in total. The molecule has 1 aliphatic rings. The van der Waals surface area contributed by atoms with Crippen molar-refractivity contribution in [2.24, 2.45) is 5.92 Å². The molecular weight excluding hydrogens is 192 g/mol. The van der Waals surface area contributed by atoms with E-state index in [1.807, 2.05) is 6.92 Å². The normalized spacial score (nSPS) is 15.3. The summed E-state index contributed by atoms with van der Waals surface area (Å²) < 4.78 is 0. The minimum Gasteiger partial charge on any atom is -0.308 e. The third kappa shape index (κ3) is 3.36. The van der Waals surface area contributed by atoms with Crippen LogP contribution in [0.3, 0.4) is 0 Å². The Kier molecular flexibility index (Phi) is 3.01. The number of hydrogen-bond acceptors (Lipinski definition) is 3. The average Bonchev–Trinajstić information content (AvgIpc) is 2.91. The zero-order chi connectivity index (χ0) is 10.7. The van der Waals surface area contributed by atoms with Gasteiger partial charge in [0.15, 0.2) is 5.82 Å². The summed E-state index contributed by atoms with van der Waals surface area (Å²) >= 11 is 0. The molecule has 0 radical (unpaired) electrons. The Hall–Kier alpha value is -1.36. The van der Waals surface area contributed by atoms with Crippen molar-refractivity contribution in [1.29, 1.82) is 0 Å². The predicted molar refractivity (Wildman–Crippen MR) is 57.5 cm³/mol. The molecule has 1 amide bonds. The highest BCUT2D eigenvalue weighted by molar-refractivity contribution is 5.91. The minimum absolute atomic E-state index is 0.0397. The lowest BCUT2D eigenvalue weighted by atomic mass is 10.4. The van der Waals surface area contributed by atoms with Crippen molar-refractivity contribution in [1.82, 2.24) is 15.5 Å². The second-order valence-corrected chi connectivity index (χ2v) is 4.06. The number of rotatable bonds is 5. The van der Waals surface area contributed by atoms with Gasteiger partial charge in [-0.15, -0.1) is 0 Å². The Morgan fingerprint density at radius 2 is 2.47 bits per heavy atom. The molecule has 1 saturated carbocycles. The Bertz CT molecular complexity index is 343.